The van der Waals surface area contributed by atoms with Crippen molar-refractivity contribution in [3.63, 3.8) is 0 Å². The fourth-order valence-electron chi connectivity index (χ4n) is 3.83. The second kappa shape index (κ2) is 10.1. The first-order valence-corrected chi connectivity index (χ1v) is 8.71. The summed E-state index contributed by atoms with van der Waals surface area (Å²) >= 11 is 0. The van der Waals surface area contributed by atoms with Crippen molar-refractivity contribution in [2.24, 2.45) is 11.1 Å². The maximum absolute atomic E-state index is 12.7. The van der Waals surface area contributed by atoms with E-state index in [0.717, 1.165) is 44.8 Å². The van der Waals surface area contributed by atoms with Gasteiger partial charge in [0, 0.05) is 45.0 Å². The summed E-state index contributed by atoms with van der Waals surface area (Å²) in [5.41, 5.74) is 6.07. The normalized spacial score (nSPS) is 19.6. The Labute approximate surface area is 162 Å². The van der Waals surface area contributed by atoms with Gasteiger partial charge in [0.05, 0.1) is 6.20 Å². The van der Waals surface area contributed by atoms with Crippen LogP contribution >= 0.6 is 24.8 Å². The third kappa shape index (κ3) is 5.43. The summed E-state index contributed by atoms with van der Waals surface area (Å²) in [5.74, 6) is 1.17. The minimum absolute atomic E-state index is 0. The summed E-state index contributed by atoms with van der Waals surface area (Å²) in [4.78, 5) is 25.3. The molecule has 0 atom stereocenters. The monoisotopic (exact) mass is 389 g/mol. The molecule has 6 nitrogen and oxygen atoms in total. The van der Waals surface area contributed by atoms with Crippen LogP contribution in [-0.2, 0) is 4.79 Å². The number of carbonyl (C=O) groups excluding carboxylic acids is 1. The van der Waals surface area contributed by atoms with Crippen molar-refractivity contribution in [3.05, 3.63) is 18.6 Å². The summed E-state index contributed by atoms with van der Waals surface area (Å²) < 4.78 is 0. The van der Waals surface area contributed by atoms with Crippen LogP contribution < -0.4 is 10.6 Å². The van der Waals surface area contributed by atoms with Crippen molar-refractivity contribution in [1.82, 2.24) is 14.9 Å². The van der Waals surface area contributed by atoms with Crippen molar-refractivity contribution >= 4 is 36.5 Å². The molecule has 0 aromatic carbocycles. The van der Waals surface area contributed by atoms with Gasteiger partial charge in [0.2, 0.25) is 5.91 Å². The summed E-state index contributed by atoms with van der Waals surface area (Å²) in [7, 11) is 0. The molecule has 1 saturated heterocycles. The zero-order chi connectivity index (χ0) is 16.1. The molecule has 2 fully saturated rings. The number of anilines is 1. The van der Waals surface area contributed by atoms with Crippen molar-refractivity contribution < 1.29 is 4.79 Å². The highest BCUT2D eigenvalue weighted by molar-refractivity contribution is 5.85. The van der Waals surface area contributed by atoms with Crippen LogP contribution in [0.2, 0.25) is 0 Å². The van der Waals surface area contributed by atoms with Gasteiger partial charge in [-0.15, -0.1) is 24.8 Å². The summed E-state index contributed by atoms with van der Waals surface area (Å²) in [5, 5.41) is 0. The van der Waals surface area contributed by atoms with Crippen molar-refractivity contribution in [3.8, 4) is 0 Å². The lowest BCUT2D eigenvalue weighted by Gasteiger charge is -2.40. The second-order valence-corrected chi connectivity index (χ2v) is 6.87. The first-order valence-electron chi connectivity index (χ1n) is 8.71. The molecule has 8 heteroatoms. The zero-order valence-electron chi connectivity index (χ0n) is 14.6. The molecule has 142 valence electrons. The van der Waals surface area contributed by atoms with Crippen molar-refractivity contribution in [1.29, 1.82) is 0 Å². The number of nitrogens with two attached hydrogens (primary N) is 1. The van der Waals surface area contributed by atoms with E-state index in [4.69, 9.17) is 5.73 Å². The molecular weight excluding hydrogens is 361 g/mol. The third-order valence-electron chi connectivity index (χ3n) is 5.38. The number of carbonyl (C=O) groups is 1. The highest BCUT2D eigenvalue weighted by Gasteiger charge is 2.35. The molecule has 1 aromatic heterocycles. The highest BCUT2D eigenvalue weighted by atomic mass is 35.5. The van der Waals surface area contributed by atoms with Gasteiger partial charge in [-0.05, 0) is 24.8 Å². The Morgan fingerprint density at radius 2 is 1.76 bits per heavy atom. The highest BCUT2D eigenvalue weighted by Crippen LogP contribution is 2.38. The lowest BCUT2D eigenvalue weighted by Crippen LogP contribution is -2.50. The van der Waals surface area contributed by atoms with Gasteiger partial charge in [0.15, 0.2) is 0 Å². The van der Waals surface area contributed by atoms with E-state index in [1.165, 1.54) is 19.3 Å². The number of halogens is 2. The number of rotatable bonds is 4. The van der Waals surface area contributed by atoms with Gasteiger partial charge in [0.25, 0.3) is 0 Å². The van der Waals surface area contributed by atoms with Gasteiger partial charge in [-0.1, -0.05) is 19.3 Å². The Kier molecular flexibility index (Phi) is 8.89. The molecular formula is C17H29Cl2N5O. The molecule has 25 heavy (non-hydrogen) atoms. The van der Waals surface area contributed by atoms with E-state index in [2.05, 4.69) is 14.9 Å². The minimum Gasteiger partial charge on any atom is -0.352 e. The maximum atomic E-state index is 12.7. The first-order chi connectivity index (χ1) is 11.2. The summed E-state index contributed by atoms with van der Waals surface area (Å²) in [6.07, 6.45) is 11.7. The molecule has 1 aromatic rings. The predicted octanol–water partition coefficient (Wildman–Crippen LogP) is 2.27. The molecule has 1 aliphatic carbocycles. The van der Waals surface area contributed by atoms with Crippen LogP contribution in [-0.4, -0.2) is 53.5 Å². The van der Waals surface area contributed by atoms with E-state index >= 15 is 0 Å². The number of nitrogens with zero attached hydrogens (tertiary/aromatic N) is 4. The molecule has 0 radical (unpaired) electrons. The van der Waals surface area contributed by atoms with Crippen LogP contribution in [0.4, 0.5) is 5.82 Å². The smallest absolute Gasteiger partial charge is 0.223 e. The quantitative estimate of drug-likeness (QED) is 0.854. The van der Waals surface area contributed by atoms with Crippen LogP contribution in [0, 0.1) is 5.41 Å². The standard InChI is InChI=1S/C17H27N5O.2ClH/c18-14-17(4-2-1-3-5-17)12-16(23)22-10-8-21(9-11-22)15-13-19-6-7-20-15;;/h6-7,13H,1-5,8-12,14,18H2;2*1H. The largest absolute Gasteiger partial charge is 0.352 e. The van der Waals surface area contributed by atoms with E-state index in [9.17, 15) is 4.79 Å². The summed E-state index contributed by atoms with van der Waals surface area (Å²) in [6.45, 7) is 3.80. The molecule has 0 spiro atoms. The Balaban J connectivity index is 0.00000156. The van der Waals surface area contributed by atoms with Gasteiger partial charge < -0.3 is 15.5 Å². The molecule has 2 heterocycles. The average molecular weight is 390 g/mol. The molecule has 1 amide bonds. The van der Waals surface area contributed by atoms with Crippen LogP contribution in [0.15, 0.2) is 18.6 Å². The van der Waals surface area contributed by atoms with Gasteiger partial charge in [-0.25, -0.2) is 4.98 Å². The fourth-order valence-corrected chi connectivity index (χ4v) is 3.83. The van der Waals surface area contributed by atoms with Gasteiger partial charge >= 0.3 is 0 Å². The molecule has 0 unspecified atom stereocenters. The first kappa shape index (κ1) is 21.9. The van der Waals surface area contributed by atoms with Crippen LogP contribution in [0.1, 0.15) is 38.5 Å². The zero-order valence-corrected chi connectivity index (χ0v) is 16.2. The Bertz CT molecular complexity index is 517. The van der Waals surface area contributed by atoms with E-state index in [1.54, 1.807) is 18.6 Å². The van der Waals surface area contributed by atoms with E-state index in [0.29, 0.717) is 13.0 Å². The summed E-state index contributed by atoms with van der Waals surface area (Å²) in [6, 6.07) is 0. The average Bonchev–Trinajstić information content (AvgIpc) is 2.63. The van der Waals surface area contributed by atoms with E-state index in [1.807, 2.05) is 4.90 Å². The van der Waals surface area contributed by atoms with Crippen LogP contribution in [0.25, 0.3) is 0 Å². The lowest BCUT2D eigenvalue weighted by molar-refractivity contribution is -0.134. The van der Waals surface area contributed by atoms with Gasteiger partial charge in [-0.2, -0.15) is 0 Å². The topological polar surface area (TPSA) is 75.4 Å². The van der Waals surface area contributed by atoms with Gasteiger partial charge in [-0.3, -0.25) is 9.78 Å². The Hall–Kier alpha value is -1.11. The van der Waals surface area contributed by atoms with Crippen molar-refractivity contribution in [2.45, 2.75) is 38.5 Å². The molecule has 1 saturated carbocycles. The third-order valence-corrected chi connectivity index (χ3v) is 5.38. The lowest BCUT2D eigenvalue weighted by atomic mass is 9.71. The fraction of sp³-hybridized carbons (Fsp3) is 0.706. The van der Waals surface area contributed by atoms with E-state index in [-0.39, 0.29) is 36.1 Å². The number of piperazine rings is 1. The Morgan fingerprint density at radius 3 is 2.32 bits per heavy atom. The predicted molar refractivity (Wildman–Crippen MR) is 105 cm³/mol. The van der Waals surface area contributed by atoms with Crippen LogP contribution in [0.3, 0.4) is 0 Å². The number of aromatic nitrogens is 2. The second-order valence-electron chi connectivity index (χ2n) is 6.87. The van der Waals surface area contributed by atoms with Crippen molar-refractivity contribution in [2.75, 3.05) is 37.6 Å². The van der Waals surface area contributed by atoms with Crippen LogP contribution in [0.5, 0.6) is 0 Å². The van der Waals surface area contributed by atoms with E-state index < -0.39 is 0 Å². The molecule has 2 aliphatic rings. The maximum Gasteiger partial charge on any atom is 0.223 e. The molecule has 3 rings (SSSR count). The number of hydrogen-bond donors (Lipinski definition) is 1. The molecule has 2 N–H and O–H groups in total. The number of amides is 1. The molecule has 0 bridgehead atoms. The molecule has 1 aliphatic heterocycles. The number of hydrogen-bond acceptors (Lipinski definition) is 5. The Morgan fingerprint density at radius 1 is 1.08 bits per heavy atom. The SMILES string of the molecule is Cl.Cl.NCC1(CC(=O)N2CCN(c3cnccn3)CC2)CCCCC1. The minimum atomic E-state index is 0. The van der Waals surface area contributed by atoms with Gasteiger partial charge in [0.1, 0.15) is 5.82 Å².